The Morgan fingerprint density at radius 1 is 1.25 bits per heavy atom. The number of carbonyl (C=O) groups is 1. The predicted molar refractivity (Wildman–Crippen MR) is 66.1 cm³/mol. The van der Waals surface area contributed by atoms with Crippen LogP contribution in [0.25, 0.3) is 0 Å². The third kappa shape index (κ3) is 2.53. The standard InChI is InChI=1S/C13H15BrO2/c14-10-7-5-9(6-8-10)13(16)11-3-1-2-4-12(11)15/h5-8,11,13,16H,1-4H2. The minimum absolute atomic E-state index is 0.199. The van der Waals surface area contributed by atoms with Gasteiger partial charge in [-0.05, 0) is 30.5 Å². The van der Waals surface area contributed by atoms with Crippen LogP contribution in [0.5, 0.6) is 0 Å². The van der Waals surface area contributed by atoms with Crippen LogP contribution < -0.4 is 0 Å². The Hall–Kier alpha value is -0.670. The summed E-state index contributed by atoms with van der Waals surface area (Å²) in [6.07, 6.45) is 2.82. The monoisotopic (exact) mass is 282 g/mol. The average Bonchev–Trinajstić information content (AvgIpc) is 2.30. The van der Waals surface area contributed by atoms with E-state index in [0.29, 0.717) is 6.42 Å². The fourth-order valence-electron chi connectivity index (χ4n) is 2.24. The molecule has 1 aliphatic rings. The molecule has 0 amide bonds. The van der Waals surface area contributed by atoms with E-state index in [0.717, 1.165) is 29.3 Å². The minimum atomic E-state index is -0.638. The van der Waals surface area contributed by atoms with E-state index in [1.165, 1.54) is 0 Å². The predicted octanol–water partition coefficient (Wildman–Crippen LogP) is 3.24. The van der Waals surface area contributed by atoms with Crippen molar-refractivity contribution in [1.29, 1.82) is 0 Å². The van der Waals surface area contributed by atoms with Gasteiger partial charge >= 0.3 is 0 Å². The maximum atomic E-state index is 11.7. The molecule has 0 bridgehead atoms. The van der Waals surface area contributed by atoms with Crippen molar-refractivity contribution in [2.75, 3.05) is 0 Å². The van der Waals surface area contributed by atoms with Gasteiger partial charge in [-0.1, -0.05) is 34.5 Å². The van der Waals surface area contributed by atoms with Crippen LogP contribution >= 0.6 is 15.9 Å². The van der Waals surface area contributed by atoms with E-state index in [1.54, 1.807) is 0 Å². The number of carbonyl (C=O) groups excluding carboxylic acids is 1. The smallest absolute Gasteiger partial charge is 0.138 e. The van der Waals surface area contributed by atoms with Crippen molar-refractivity contribution >= 4 is 21.7 Å². The summed E-state index contributed by atoms with van der Waals surface area (Å²) in [5.74, 6) is 0.0107. The number of hydrogen-bond acceptors (Lipinski definition) is 2. The molecule has 16 heavy (non-hydrogen) atoms. The molecule has 2 rings (SSSR count). The molecule has 86 valence electrons. The lowest BCUT2D eigenvalue weighted by molar-refractivity contribution is -0.128. The summed E-state index contributed by atoms with van der Waals surface area (Å²) in [5.41, 5.74) is 0.837. The number of Topliss-reactive ketones (excluding diaryl/α,β-unsaturated/α-hetero) is 1. The van der Waals surface area contributed by atoms with Crippen molar-refractivity contribution in [2.24, 2.45) is 5.92 Å². The first kappa shape index (κ1) is 11.8. The molecule has 2 unspecified atom stereocenters. The van der Waals surface area contributed by atoms with E-state index in [9.17, 15) is 9.90 Å². The number of hydrogen-bond donors (Lipinski definition) is 1. The molecule has 2 atom stereocenters. The summed E-state index contributed by atoms with van der Waals surface area (Å²) in [6, 6.07) is 7.53. The maximum Gasteiger partial charge on any atom is 0.138 e. The Labute approximate surface area is 104 Å². The van der Waals surface area contributed by atoms with E-state index >= 15 is 0 Å². The van der Waals surface area contributed by atoms with Crippen LogP contribution in [0, 0.1) is 5.92 Å². The van der Waals surface area contributed by atoms with Gasteiger partial charge in [-0.15, -0.1) is 0 Å². The van der Waals surface area contributed by atoms with Crippen LogP contribution in [0.2, 0.25) is 0 Å². The van der Waals surface area contributed by atoms with Gasteiger partial charge < -0.3 is 5.11 Å². The van der Waals surface area contributed by atoms with Gasteiger partial charge in [-0.2, -0.15) is 0 Å². The summed E-state index contributed by atoms with van der Waals surface area (Å²) >= 11 is 3.35. The molecule has 1 N–H and O–H groups in total. The van der Waals surface area contributed by atoms with E-state index in [4.69, 9.17) is 0 Å². The molecule has 1 aromatic carbocycles. The van der Waals surface area contributed by atoms with Crippen molar-refractivity contribution < 1.29 is 9.90 Å². The second-order valence-corrected chi connectivity index (χ2v) is 5.23. The molecular weight excluding hydrogens is 268 g/mol. The average molecular weight is 283 g/mol. The first-order valence-electron chi connectivity index (χ1n) is 5.65. The lowest BCUT2D eigenvalue weighted by Crippen LogP contribution is -2.25. The zero-order valence-electron chi connectivity index (χ0n) is 9.03. The van der Waals surface area contributed by atoms with E-state index in [2.05, 4.69) is 15.9 Å². The van der Waals surface area contributed by atoms with Gasteiger partial charge in [0.2, 0.25) is 0 Å². The molecule has 0 saturated heterocycles. The molecule has 2 nitrogen and oxygen atoms in total. The summed E-state index contributed by atoms with van der Waals surface area (Å²) < 4.78 is 0.985. The van der Waals surface area contributed by atoms with Crippen molar-refractivity contribution in [3.05, 3.63) is 34.3 Å². The first-order valence-corrected chi connectivity index (χ1v) is 6.44. The molecular formula is C13H15BrO2. The summed E-state index contributed by atoms with van der Waals surface area (Å²) in [4.78, 5) is 11.7. The highest BCUT2D eigenvalue weighted by Crippen LogP contribution is 2.32. The lowest BCUT2D eigenvalue weighted by Gasteiger charge is -2.25. The van der Waals surface area contributed by atoms with Crippen molar-refractivity contribution in [1.82, 2.24) is 0 Å². The normalized spacial score (nSPS) is 23.1. The lowest BCUT2D eigenvalue weighted by atomic mass is 9.82. The van der Waals surface area contributed by atoms with E-state index < -0.39 is 6.10 Å². The molecule has 0 aromatic heterocycles. The van der Waals surface area contributed by atoms with Gasteiger partial charge in [0.15, 0.2) is 0 Å². The first-order chi connectivity index (χ1) is 7.68. The fraction of sp³-hybridized carbons (Fsp3) is 0.462. The van der Waals surface area contributed by atoms with Crippen LogP contribution in [0.4, 0.5) is 0 Å². The Balaban J connectivity index is 2.14. The van der Waals surface area contributed by atoms with Crippen molar-refractivity contribution in [3.8, 4) is 0 Å². The zero-order chi connectivity index (χ0) is 11.5. The molecule has 0 aliphatic heterocycles. The van der Waals surface area contributed by atoms with E-state index in [1.807, 2.05) is 24.3 Å². The van der Waals surface area contributed by atoms with Crippen LogP contribution in [0.3, 0.4) is 0 Å². The molecule has 1 saturated carbocycles. The molecule has 3 heteroatoms. The number of aliphatic hydroxyl groups excluding tert-OH is 1. The van der Waals surface area contributed by atoms with Crippen LogP contribution in [0.1, 0.15) is 37.4 Å². The highest BCUT2D eigenvalue weighted by molar-refractivity contribution is 9.10. The highest BCUT2D eigenvalue weighted by atomic mass is 79.9. The van der Waals surface area contributed by atoms with Crippen molar-refractivity contribution in [3.63, 3.8) is 0 Å². The molecule has 1 aliphatic carbocycles. The summed E-state index contributed by atoms with van der Waals surface area (Å²) in [7, 11) is 0. The zero-order valence-corrected chi connectivity index (χ0v) is 10.6. The molecule has 0 heterocycles. The molecule has 0 radical (unpaired) electrons. The van der Waals surface area contributed by atoms with Crippen molar-refractivity contribution in [2.45, 2.75) is 31.8 Å². The summed E-state index contributed by atoms with van der Waals surface area (Å²) in [6.45, 7) is 0. The van der Waals surface area contributed by atoms with Gasteiger partial charge in [0, 0.05) is 16.8 Å². The highest BCUT2D eigenvalue weighted by Gasteiger charge is 2.29. The topological polar surface area (TPSA) is 37.3 Å². The Morgan fingerprint density at radius 3 is 2.56 bits per heavy atom. The number of rotatable bonds is 2. The van der Waals surface area contributed by atoms with Crippen LogP contribution in [0.15, 0.2) is 28.7 Å². The van der Waals surface area contributed by atoms with Gasteiger partial charge in [0.05, 0.1) is 6.10 Å². The number of aliphatic hydroxyl groups is 1. The van der Waals surface area contributed by atoms with Gasteiger partial charge in [-0.25, -0.2) is 0 Å². The van der Waals surface area contributed by atoms with Crippen LogP contribution in [-0.2, 0) is 4.79 Å². The third-order valence-electron chi connectivity index (χ3n) is 3.19. The number of benzene rings is 1. The molecule has 0 spiro atoms. The minimum Gasteiger partial charge on any atom is -0.388 e. The van der Waals surface area contributed by atoms with Gasteiger partial charge in [-0.3, -0.25) is 4.79 Å². The quantitative estimate of drug-likeness (QED) is 0.904. The van der Waals surface area contributed by atoms with Crippen LogP contribution in [-0.4, -0.2) is 10.9 Å². The van der Waals surface area contributed by atoms with Gasteiger partial charge in [0.25, 0.3) is 0 Å². The maximum absolute atomic E-state index is 11.7. The van der Waals surface area contributed by atoms with Gasteiger partial charge in [0.1, 0.15) is 5.78 Å². The second-order valence-electron chi connectivity index (χ2n) is 4.31. The SMILES string of the molecule is O=C1CCCCC1C(O)c1ccc(Br)cc1. The Morgan fingerprint density at radius 2 is 1.94 bits per heavy atom. The molecule has 1 fully saturated rings. The molecule has 1 aromatic rings. The largest absolute Gasteiger partial charge is 0.388 e. The number of halogens is 1. The van der Waals surface area contributed by atoms with E-state index in [-0.39, 0.29) is 11.7 Å². The Bertz CT molecular complexity index is 372. The summed E-state index contributed by atoms with van der Waals surface area (Å²) in [5, 5.41) is 10.2. The second kappa shape index (κ2) is 5.11. The number of ketones is 1. The Kier molecular flexibility index (Phi) is 3.77. The third-order valence-corrected chi connectivity index (χ3v) is 3.72. The fourth-order valence-corrected chi connectivity index (χ4v) is 2.50.